The molecular formula is C12H24N2O3. The molecule has 0 unspecified atom stereocenters. The molecule has 0 saturated carbocycles. The molecule has 0 radical (unpaired) electrons. The van der Waals surface area contributed by atoms with Gasteiger partial charge >= 0.3 is 12.0 Å². The first-order valence-electron chi connectivity index (χ1n) is 6.15. The van der Waals surface area contributed by atoms with E-state index in [4.69, 9.17) is 5.11 Å². The van der Waals surface area contributed by atoms with Gasteiger partial charge in [-0.25, -0.2) is 9.59 Å². The van der Waals surface area contributed by atoms with Gasteiger partial charge in [0.25, 0.3) is 0 Å². The van der Waals surface area contributed by atoms with Crippen LogP contribution in [-0.2, 0) is 4.79 Å². The first-order chi connectivity index (χ1) is 7.84. The van der Waals surface area contributed by atoms with Gasteiger partial charge in [0.2, 0.25) is 0 Å². The second-order valence-corrected chi connectivity index (χ2v) is 4.53. The predicted octanol–water partition coefficient (Wildman–Crippen LogP) is 1.93. The predicted molar refractivity (Wildman–Crippen MR) is 66.9 cm³/mol. The molecule has 0 aliphatic heterocycles. The normalized spacial score (nSPS) is 14.2. The lowest BCUT2D eigenvalue weighted by Gasteiger charge is -2.28. The van der Waals surface area contributed by atoms with Gasteiger partial charge in [-0.2, -0.15) is 0 Å². The summed E-state index contributed by atoms with van der Waals surface area (Å²) in [6.45, 7) is 9.98. The number of nitrogens with zero attached hydrogens (tertiary/aromatic N) is 1. The summed E-state index contributed by atoms with van der Waals surface area (Å²) in [6, 6.07) is -1.07. The lowest BCUT2D eigenvalue weighted by molar-refractivity contribution is -0.140. The number of carbonyl (C=O) groups excluding carboxylic acids is 1. The van der Waals surface area contributed by atoms with Crippen LogP contribution in [0.4, 0.5) is 4.79 Å². The molecule has 5 nitrogen and oxygen atoms in total. The van der Waals surface area contributed by atoms with E-state index in [9.17, 15) is 9.59 Å². The standard InChI is InChI=1S/C12H24N2O3/c1-6-9(5)10(11(15)16)13-12(17)14(7-2)8(3)4/h8-10H,6-7H2,1-5H3,(H,13,17)(H,15,16)/t9-,10-/m0/s1. The second-order valence-electron chi connectivity index (χ2n) is 4.53. The van der Waals surface area contributed by atoms with Crippen LogP contribution in [0.2, 0.25) is 0 Å². The number of amides is 2. The molecule has 0 bridgehead atoms. The summed E-state index contributed by atoms with van der Waals surface area (Å²) in [5, 5.41) is 11.7. The van der Waals surface area contributed by atoms with E-state index in [1.165, 1.54) is 0 Å². The van der Waals surface area contributed by atoms with E-state index in [1.54, 1.807) is 4.90 Å². The minimum Gasteiger partial charge on any atom is -0.480 e. The van der Waals surface area contributed by atoms with Crippen molar-refractivity contribution in [1.82, 2.24) is 10.2 Å². The summed E-state index contributed by atoms with van der Waals surface area (Å²) in [5.41, 5.74) is 0. The summed E-state index contributed by atoms with van der Waals surface area (Å²) >= 11 is 0. The van der Waals surface area contributed by atoms with E-state index >= 15 is 0 Å². The second kappa shape index (κ2) is 7.14. The number of carbonyl (C=O) groups is 2. The smallest absolute Gasteiger partial charge is 0.326 e. The molecule has 2 atom stereocenters. The minimum atomic E-state index is -0.979. The molecule has 0 aromatic carbocycles. The zero-order chi connectivity index (χ0) is 13.6. The number of rotatable bonds is 6. The number of hydrogen-bond acceptors (Lipinski definition) is 2. The van der Waals surface area contributed by atoms with Crippen molar-refractivity contribution in [2.24, 2.45) is 5.92 Å². The molecule has 0 aliphatic carbocycles. The van der Waals surface area contributed by atoms with Crippen molar-refractivity contribution in [3.8, 4) is 0 Å². The van der Waals surface area contributed by atoms with Crippen LogP contribution in [0, 0.1) is 5.92 Å². The lowest BCUT2D eigenvalue weighted by Crippen LogP contribution is -2.52. The zero-order valence-electron chi connectivity index (χ0n) is 11.4. The quantitative estimate of drug-likeness (QED) is 0.750. The molecule has 0 aromatic rings. The van der Waals surface area contributed by atoms with Crippen LogP contribution in [0.3, 0.4) is 0 Å². The van der Waals surface area contributed by atoms with Crippen molar-refractivity contribution >= 4 is 12.0 Å². The summed E-state index contributed by atoms with van der Waals surface area (Å²) in [7, 11) is 0. The van der Waals surface area contributed by atoms with Crippen LogP contribution in [0.1, 0.15) is 41.0 Å². The Balaban J connectivity index is 4.65. The molecule has 0 aliphatic rings. The van der Waals surface area contributed by atoms with Gasteiger partial charge in [-0.1, -0.05) is 20.3 Å². The van der Waals surface area contributed by atoms with Crippen molar-refractivity contribution in [3.05, 3.63) is 0 Å². The van der Waals surface area contributed by atoms with E-state index in [1.807, 2.05) is 34.6 Å². The number of carboxylic acids is 1. The van der Waals surface area contributed by atoms with Crippen molar-refractivity contribution in [1.29, 1.82) is 0 Å². The van der Waals surface area contributed by atoms with Gasteiger partial charge in [0.05, 0.1) is 0 Å². The van der Waals surface area contributed by atoms with Gasteiger partial charge < -0.3 is 15.3 Å². The summed E-state index contributed by atoms with van der Waals surface area (Å²) in [5.74, 6) is -1.06. The summed E-state index contributed by atoms with van der Waals surface area (Å²) in [6.07, 6.45) is 0.713. The molecule has 0 aromatic heterocycles. The Hall–Kier alpha value is -1.26. The number of urea groups is 1. The Kier molecular flexibility index (Phi) is 6.61. The Bertz CT molecular complexity index is 266. The molecule has 0 spiro atoms. The lowest BCUT2D eigenvalue weighted by atomic mass is 9.99. The van der Waals surface area contributed by atoms with Crippen LogP contribution in [0.25, 0.3) is 0 Å². The van der Waals surface area contributed by atoms with Crippen LogP contribution in [-0.4, -0.2) is 40.6 Å². The van der Waals surface area contributed by atoms with E-state index in [0.29, 0.717) is 13.0 Å². The molecule has 2 N–H and O–H groups in total. The molecule has 5 heteroatoms. The molecule has 0 rings (SSSR count). The Morgan fingerprint density at radius 3 is 2.06 bits per heavy atom. The Morgan fingerprint density at radius 2 is 1.76 bits per heavy atom. The molecule has 0 heterocycles. The van der Waals surface area contributed by atoms with Gasteiger partial charge in [0.1, 0.15) is 6.04 Å². The topological polar surface area (TPSA) is 69.6 Å². The third kappa shape index (κ3) is 4.63. The van der Waals surface area contributed by atoms with Crippen LogP contribution in [0.5, 0.6) is 0 Å². The maximum Gasteiger partial charge on any atom is 0.326 e. The molecular weight excluding hydrogens is 220 g/mol. The van der Waals surface area contributed by atoms with Gasteiger partial charge in [0, 0.05) is 12.6 Å². The van der Waals surface area contributed by atoms with Gasteiger partial charge in [-0.15, -0.1) is 0 Å². The SMILES string of the molecule is CC[C@H](C)[C@H](NC(=O)N(CC)C(C)C)C(=O)O. The van der Waals surface area contributed by atoms with Gasteiger partial charge in [-0.3, -0.25) is 0 Å². The van der Waals surface area contributed by atoms with Gasteiger partial charge in [-0.05, 0) is 26.7 Å². The van der Waals surface area contributed by atoms with E-state index in [2.05, 4.69) is 5.32 Å². The van der Waals surface area contributed by atoms with Crippen molar-refractivity contribution in [2.45, 2.75) is 53.1 Å². The third-order valence-electron chi connectivity index (χ3n) is 2.98. The maximum absolute atomic E-state index is 11.9. The fraction of sp³-hybridized carbons (Fsp3) is 0.833. The Labute approximate surface area is 103 Å². The molecule has 0 saturated heterocycles. The average Bonchev–Trinajstić information content (AvgIpc) is 2.24. The molecule has 0 fully saturated rings. The summed E-state index contributed by atoms with van der Waals surface area (Å²) < 4.78 is 0. The fourth-order valence-corrected chi connectivity index (χ4v) is 1.64. The first-order valence-corrected chi connectivity index (χ1v) is 6.15. The number of nitrogens with one attached hydrogen (secondary N) is 1. The highest BCUT2D eigenvalue weighted by molar-refractivity contribution is 5.82. The molecule has 17 heavy (non-hydrogen) atoms. The van der Waals surface area contributed by atoms with E-state index in [-0.39, 0.29) is 18.0 Å². The van der Waals surface area contributed by atoms with E-state index < -0.39 is 12.0 Å². The summed E-state index contributed by atoms with van der Waals surface area (Å²) in [4.78, 5) is 24.6. The highest BCUT2D eigenvalue weighted by Gasteiger charge is 2.27. The Morgan fingerprint density at radius 1 is 1.24 bits per heavy atom. The first kappa shape index (κ1) is 15.7. The van der Waals surface area contributed by atoms with Crippen LogP contribution < -0.4 is 5.32 Å². The molecule has 100 valence electrons. The van der Waals surface area contributed by atoms with Crippen molar-refractivity contribution in [2.75, 3.05) is 6.54 Å². The fourth-order valence-electron chi connectivity index (χ4n) is 1.64. The number of aliphatic carboxylic acids is 1. The minimum absolute atomic E-state index is 0.0615. The van der Waals surface area contributed by atoms with Crippen molar-refractivity contribution in [3.63, 3.8) is 0 Å². The largest absolute Gasteiger partial charge is 0.480 e. The maximum atomic E-state index is 11.9. The number of carboxylic acid groups (broad SMARTS) is 1. The zero-order valence-corrected chi connectivity index (χ0v) is 11.4. The monoisotopic (exact) mass is 244 g/mol. The molecule has 2 amide bonds. The van der Waals surface area contributed by atoms with Gasteiger partial charge in [0.15, 0.2) is 0 Å². The van der Waals surface area contributed by atoms with Crippen LogP contribution >= 0.6 is 0 Å². The third-order valence-corrected chi connectivity index (χ3v) is 2.98. The number of hydrogen-bond donors (Lipinski definition) is 2. The van der Waals surface area contributed by atoms with E-state index in [0.717, 1.165) is 0 Å². The average molecular weight is 244 g/mol. The highest BCUT2D eigenvalue weighted by atomic mass is 16.4. The highest BCUT2D eigenvalue weighted by Crippen LogP contribution is 2.09. The van der Waals surface area contributed by atoms with Crippen molar-refractivity contribution < 1.29 is 14.7 Å². The van der Waals surface area contributed by atoms with Crippen LogP contribution in [0.15, 0.2) is 0 Å².